The van der Waals surface area contributed by atoms with E-state index in [9.17, 15) is 4.79 Å². The highest BCUT2D eigenvalue weighted by atomic mass is 32.1. The summed E-state index contributed by atoms with van der Waals surface area (Å²) in [7, 11) is 1.31. The van der Waals surface area contributed by atoms with Crippen LogP contribution in [0.3, 0.4) is 0 Å². The van der Waals surface area contributed by atoms with Crippen molar-refractivity contribution in [3.05, 3.63) is 41.6 Å². The summed E-state index contributed by atoms with van der Waals surface area (Å²) in [4.78, 5) is 11.5. The van der Waals surface area contributed by atoms with E-state index in [1.165, 1.54) is 18.9 Å². The van der Waals surface area contributed by atoms with Crippen LogP contribution in [0.1, 0.15) is 22.8 Å². The van der Waals surface area contributed by atoms with Crippen LogP contribution in [0.15, 0.2) is 30.5 Å². The topological polar surface area (TPSA) is 79.0 Å². The zero-order chi connectivity index (χ0) is 15.2. The van der Waals surface area contributed by atoms with Crippen molar-refractivity contribution in [2.75, 3.05) is 17.7 Å². The molecule has 0 saturated heterocycles. The number of aromatic amines is 1. The fraction of sp³-hybridized carbons (Fsp3) is 0.214. The number of carbonyl (C=O) groups excluding carboxylic acids is 1. The molecule has 0 aliphatic rings. The lowest BCUT2D eigenvalue weighted by molar-refractivity contribution is 0.0602. The van der Waals surface area contributed by atoms with Gasteiger partial charge in [-0.05, 0) is 36.3 Å². The molecule has 110 valence electrons. The Morgan fingerprint density at radius 2 is 2.05 bits per heavy atom. The van der Waals surface area contributed by atoms with Crippen molar-refractivity contribution in [1.29, 1.82) is 0 Å². The van der Waals surface area contributed by atoms with Crippen LogP contribution < -0.4 is 10.6 Å². The van der Waals surface area contributed by atoms with E-state index in [1.807, 2.05) is 24.3 Å². The zero-order valence-electron chi connectivity index (χ0n) is 11.8. The molecule has 0 unspecified atom stereocenters. The number of aryl methyl sites for hydroxylation is 1. The lowest BCUT2D eigenvalue weighted by atomic mass is 10.1. The molecule has 0 amide bonds. The van der Waals surface area contributed by atoms with Crippen LogP contribution in [0.4, 0.5) is 11.5 Å². The Kier molecular flexibility index (Phi) is 4.89. The molecule has 0 atom stereocenters. The molecule has 0 aliphatic heterocycles. The number of esters is 1. The summed E-state index contributed by atoms with van der Waals surface area (Å²) in [6.45, 7) is 2.10. The van der Waals surface area contributed by atoms with Gasteiger partial charge in [0, 0.05) is 5.69 Å². The van der Waals surface area contributed by atoms with Crippen LogP contribution >= 0.6 is 12.2 Å². The highest BCUT2D eigenvalue weighted by Crippen LogP contribution is 2.14. The van der Waals surface area contributed by atoms with Gasteiger partial charge in [-0.2, -0.15) is 5.10 Å². The molecule has 21 heavy (non-hydrogen) atoms. The van der Waals surface area contributed by atoms with Gasteiger partial charge in [0.05, 0.1) is 13.3 Å². The molecule has 3 N–H and O–H groups in total. The number of anilines is 2. The summed E-state index contributed by atoms with van der Waals surface area (Å²) in [5.74, 6) is -0.0918. The van der Waals surface area contributed by atoms with Crippen LogP contribution in [0.25, 0.3) is 0 Å². The molecule has 1 aromatic heterocycles. The minimum absolute atomic E-state index is 0.294. The molecule has 0 aliphatic carbocycles. The molecule has 7 heteroatoms. The molecule has 0 saturated carbocycles. The summed E-state index contributed by atoms with van der Waals surface area (Å²) < 4.78 is 4.66. The monoisotopic (exact) mass is 304 g/mol. The quantitative estimate of drug-likeness (QED) is 0.595. The number of aromatic nitrogens is 2. The Morgan fingerprint density at radius 3 is 2.67 bits per heavy atom. The maximum atomic E-state index is 11.5. The van der Waals surface area contributed by atoms with E-state index >= 15 is 0 Å². The summed E-state index contributed by atoms with van der Waals surface area (Å²) in [5.41, 5.74) is 2.41. The van der Waals surface area contributed by atoms with Crippen LogP contribution in [0.5, 0.6) is 0 Å². The first-order valence-corrected chi connectivity index (χ1v) is 6.83. The highest BCUT2D eigenvalue weighted by Gasteiger charge is 2.14. The summed E-state index contributed by atoms with van der Waals surface area (Å²) in [6.07, 6.45) is 2.37. The number of nitrogens with one attached hydrogen (secondary N) is 3. The van der Waals surface area contributed by atoms with Crippen LogP contribution in [-0.4, -0.2) is 28.4 Å². The molecule has 2 rings (SSSR count). The largest absolute Gasteiger partial charge is 0.465 e. The average molecular weight is 304 g/mol. The molecule has 0 bridgehead atoms. The van der Waals surface area contributed by atoms with Gasteiger partial charge in [-0.1, -0.05) is 19.1 Å². The summed E-state index contributed by atoms with van der Waals surface area (Å²) >= 11 is 5.21. The number of thiocarbonyl (C=S) groups is 1. The standard InChI is InChI=1S/C14H16N4O2S/c1-3-9-4-6-10(7-5-9)16-14(21)17-12-11(8-15-18-12)13(19)20-2/h4-8H,3H2,1-2H3,(H3,15,16,17,18,21). The molecular weight excluding hydrogens is 288 g/mol. The van der Waals surface area contributed by atoms with E-state index in [4.69, 9.17) is 12.2 Å². The maximum absolute atomic E-state index is 11.5. The molecular formula is C14H16N4O2S. The molecule has 0 radical (unpaired) electrons. The number of hydrogen-bond donors (Lipinski definition) is 3. The second kappa shape index (κ2) is 6.85. The van der Waals surface area contributed by atoms with Crippen LogP contribution in [0.2, 0.25) is 0 Å². The summed E-state index contributed by atoms with van der Waals surface area (Å²) in [5, 5.41) is 12.7. The van der Waals surface area contributed by atoms with Crippen molar-refractivity contribution in [3.8, 4) is 0 Å². The number of rotatable bonds is 4. The summed E-state index contributed by atoms with van der Waals surface area (Å²) in [6, 6.07) is 7.95. The Balaban J connectivity index is 2.01. The minimum atomic E-state index is -0.485. The van der Waals surface area contributed by atoms with Gasteiger partial charge in [0.1, 0.15) is 11.4 Å². The number of methoxy groups -OCH3 is 1. The fourth-order valence-electron chi connectivity index (χ4n) is 1.75. The fourth-order valence-corrected chi connectivity index (χ4v) is 1.97. The van der Waals surface area contributed by atoms with Gasteiger partial charge in [-0.3, -0.25) is 5.10 Å². The Bertz CT molecular complexity index is 637. The van der Waals surface area contributed by atoms with Gasteiger partial charge in [-0.15, -0.1) is 0 Å². The highest BCUT2D eigenvalue weighted by molar-refractivity contribution is 7.80. The SMILES string of the molecule is CCc1ccc(NC(=S)Nc2[nH]ncc2C(=O)OC)cc1. The second-order valence-electron chi connectivity index (χ2n) is 4.28. The number of carbonyl (C=O) groups is 1. The smallest absolute Gasteiger partial charge is 0.343 e. The van der Waals surface area contributed by atoms with Crippen molar-refractivity contribution >= 4 is 34.8 Å². The third-order valence-electron chi connectivity index (χ3n) is 2.90. The van der Waals surface area contributed by atoms with Crippen LogP contribution in [-0.2, 0) is 11.2 Å². The Labute approximate surface area is 127 Å². The van der Waals surface area contributed by atoms with Gasteiger partial charge >= 0.3 is 5.97 Å². The first-order chi connectivity index (χ1) is 10.1. The van der Waals surface area contributed by atoms with Crippen molar-refractivity contribution in [2.24, 2.45) is 0 Å². The normalized spacial score (nSPS) is 10.0. The van der Waals surface area contributed by atoms with Gasteiger partial charge in [0.25, 0.3) is 0 Å². The third-order valence-corrected chi connectivity index (χ3v) is 3.11. The number of benzene rings is 1. The Hall–Kier alpha value is -2.41. The van der Waals surface area contributed by atoms with Crippen molar-refractivity contribution in [2.45, 2.75) is 13.3 Å². The number of hydrogen-bond acceptors (Lipinski definition) is 4. The van der Waals surface area contributed by atoms with Gasteiger partial charge in [-0.25, -0.2) is 4.79 Å². The third kappa shape index (κ3) is 3.79. The maximum Gasteiger partial charge on any atom is 0.343 e. The predicted octanol–water partition coefficient (Wildman–Crippen LogP) is 2.57. The molecule has 1 aromatic carbocycles. The van der Waals surface area contributed by atoms with E-state index in [2.05, 4.69) is 32.5 Å². The molecule has 6 nitrogen and oxygen atoms in total. The number of ether oxygens (including phenoxy) is 1. The predicted molar refractivity (Wildman–Crippen MR) is 85.6 cm³/mol. The first kappa shape index (κ1) is 15.0. The van der Waals surface area contributed by atoms with E-state index in [-0.39, 0.29) is 0 Å². The lowest BCUT2D eigenvalue weighted by Crippen LogP contribution is -2.20. The van der Waals surface area contributed by atoms with E-state index in [0.29, 0.717) is 16.5 Å². The van der Waals surface area contributed by atoms with Crippen molar-refractivity contribution in [1.82, 2.24) is 10.2 Å². The zero-order valence-corrected chi connectivity index (χ0v) is 12.6. The first-order valence-electron chi connectivity index (χ1n) is 6.42. The van der Waals surface area contributed by atoms with E-state index in [0.717, 1.165) is 12.1 Å². The lowest BCUT2D eigenvalue weighted by Gasteiger charge is -2.10. The average Bonchev–Trinajstić information content (AvgIpc) is 2.95. The minimum Gasteiger partial charge on any atom is -0.465 e. The van der Waals surface area contributed by atoms with Gasteiger partial charge in [0.15, 0.2) is 5.11 Å². The Morgan fingerprint density at radius 1 is 1.33 bits per heavy atom. The molecule has 0 spiro atoms. The van der Waals surface area contributed by atoms with E-state index < -0.39 is 5.97 Å². The van der Waals surface area contributed by atoms with Gasteiger partial charge in [0.2, 0.25) is 0 Å². The van der Waals surface area contributed by atoms with Crippen LogP contribution in [0, 0.1) is 0 Å². The second-order valence-corrected chi connectivity index (χ2v) is 4.69. The van der Waals surface area contributed by atoms with E-state index in [1.54, 1.807) is 0 Å². The van der Waals surface area contributed by atoms with Crippen molar-refractivity contribution < 1.29 is 9.53 Å². The molecule has 0 fully saturated rings. The molecule has 2 aromatic rings. The molecule has 1 heterocycles. The number of nitrogens with zero attached hydrogens (tertiary/aromatic N) is 1. The van der Waals surface area contributed by atoms with Gasteiger partial charge < -0.3 is 15.4 Å². The number of H-pyrrole nitrogens is 1. The van der Waals surface area contributed by atoms with Crippen molar-refractivity contribution in [3.63, 3.8) is 0 Å².